The van der Waals surface area contributed by atoms with E-state index in [1.807, 2.05) is 0 Å². The van der Waals surface area contributed by atoms with Crippen LogP contribution in [0.1, 0.15) is 27.7 Å². The molecule has 0 aromatic heterocycles. The molecule has 0 spiro atoms. The number of nitrogens with zero attached hydrogens (tertiary/aromatic N) is 2. The normalized spacial score (nSPS) is 25.0. The standard InChI is InChI=1S/C8H24B2N2/c1-5-11(6-2)9-12(7-3,8-4)10-11/h5-10H2,1-4H3. The molecule has 0 atom stereocenters. The first-order chi connectivity index (χ1) is 5.66. The van der Waals surface area contributed by atoms with Crippen molar-refractivity contribution in [1.82, 2.24) is 0 Å². The zero-order valence-electron chi connectivity index (χ0n) is 9.72. The Balaban J connectivity index is 2.52. The minimum atomic E-state index is 0.278. The van der Waals surface area contributed by atoms with E-state index in [4.69, 9.17) is 0 Å². The summed E-state index contributed by atoms with van der Waals surface area (Å²) in [5.74, 6) is 0. The van der Waals surface area contributed by atoms with Gasteiger partial charge in [-0.05, 0) is 27.7 Å². The van der Waals surface area contributed by atoms with Crippen molar-refractivity contribution in [2.24, 2.45) is 0 Å². The van der Waals surface area contributed by atoms with Crippen LogP contribution in [0.5, 0.6) is 0 Å². The Morgan fingerprint density at radius 1 is 0.667 bits per heavy atom. The fraction of sp³-hybridized carbons (Fsp3) is 1.00. The Hall–Kier alpha value is 0.0499. The van der Waals surface area contributed by atoms with Gasteiger partial charge < -0.3 is 8.61 Å². The van der Waals surface area contributed by atoms with E-state index >= 15 is 0 Å². The van der Waals surface area contributed by atoms with Crippen LogP contribution in [0.15, 0.2) is 0 Å². The second-order valence-corrected chi connectivity index (χ2v) is 5.54. The zero-order chi connectivity index (χ0) is 9.24. The van der Waals surface area contributed by atoms with Gasteiger partial charge in [0, 0.05) is 26.2 Å². The number of hydrogen-bond donors (Lipinski definition) is 0. The molecule has 0 aliphatic carbocycles. The average Bonchev–Trinajstić information content (AvgIpc) is 2.07. The lowest BCUT2D eigenvalue weighted by atomic mass is 9.63. The second kappa shape index (κ2) is 3.43. The molecule has 1 fully saturated rings. The fourth-order valence-electron chi connectivity index (χ4n) is 3.71. The van der Waals surface area contributed by atoms with E-state index < -0.39 is 0 Å². The molecule has 1 heterocycles. The molecule has 0 aromatic carbocycles. The van der Waals surface area contributed by atoms with Crippen molar-refractivity contribution in [3.8, 4) is 0 Å². The molecule has 1 aliphatic heterocycles. The van der Waals surface area contributed by atoms with E-state index in [-0.39, 0.29) is 15.1 Å². The minimum absolute atomic E-state index is 0.278. The summed E-state index contributed by atoms with van der Waals surface area (Å²) in [7, 11) is 0.556. The summed E-state index contributed by atoms with van der Waals surface area (Å²) in [6.07, 6.45) is 0. The summed E-state index contributed by atoms with van der Waals surface area (Å²) in [5.41, 5.74) is 0. The van der Waals surface area contributed by atoms with Crippen molar-refractivity contribution in [2.45, 2.75) is 27.7 Å². The summed E-state index contributed by atoms with van der Waals surface area (Å²) in [6.45, 7) is 15.2. The molecule has 1 aliphatic rings. The van der Waals surface area contributed by atoms with Gasteiger partial charge >= 0.3 is 15.1 Å². The first kappa shape index (κ1) is 10.1. The topological polar surface area (TPSA) is 0 Å². The SMILES string of the molecule is CC[N+]1(CC)[BH2-][N+](CC)(CC)[BH2-]1. The number of rotatable bonds is 4. The minimum Gasteiger partial charge on any atom is -0.626 e. The van der Waals surface area contributed by atoms with Crippen molar-refractivity contribution in [3.05, 3.63) is 0 Å². The molecule has 0 N–H and O–H groups in total. The molecular weight excluding hydrogens is 146 g/mol. The highest BCUT2D eigenvalue weighted by Gasteiger charge is 2.37. The maximum Gasteiger partial charge on any atom is 0.312 e. The van der Waals surface area contributed by atoms with Crippen molar-refractivity contribution in [3.63, 3.8) is 0 Å². The summed E-state index contributed by atoms with van der Waals surface area (Å²) in [6, 6.07) is 0. The van der Waals surface area contributed by atoms with Gasteiger partial charge in [0.25, 0.3) is 0 Å². The third-order valence-corrected chi connectivity index (χ3v) is 5.36. The van der Waals surface area contributed by atoms with Crippen molar-refractivity contribution in [2.75, 3.05) is 26.2 Å². The molecule has 1 saturated heterocycles. The van der Waals surface area contributed by atoms with Crippen LogP contribution < -0.4 is 0 Å². The quantitative estimate of drug-likeness (QED) is 0.508. The van der Waals surface area contributed by atoms with E-state index in [9.17, 15) is 0 Å². The third kappa shape index (κ3) is 1.42. The Bertz CT molecular complexity index is 127. The predicted molar refractivity (Wildman–Crippen MR) is 59.8 cm³/mol. The average molecular weight is 170 g/mol. The molecule has 2 nitrogen and oxygen atoms in total. The van der Waals surface area contributed by atoms with Crippen LogP contribution in [0.25, 0.3) is 0 Å². The lowest BCUT2D eigenvalue weighted by molar-refractivity contribution is -0.927. The smallest absolute Gasteiger partial charge is 0.312 e. The lowest BCUT2D eigenvalue weighted by Gasteiger charge is -2.76. The van der Waals surface area contributed by atoms with E-state index in [1.54, 1.807) is 8.61 Å². The van der Waals surface area contributed by atoms with Gasteiger partial charge in [0.05, 0.1) is 0 Å². The molecule has 1 rings (SSSR count). The van der Waals surface area contributed by atoms with E-state index in [2.05, 4.69) is 27.7 Å². The van der Waals surface area contributed by atoms with Gasteiger partial charge in [-0.25, -0.2) is 0 Å². The highest BCUT2D eigenvalue weighted by Crippen LogP contribution is 2.23. The molecule has 0 aromatic rings. The Labute approximate surface area is 78.3 Å². The highest BCUT2D eigenvalue weighted by atomic mass is 15.5. The largest absolute Gasteiger partial charge is 0.626 e. The van der Waals surface area contributed by atoms with E-state index in [1.165, 1.54) is 26.2 Å². The molecule has 0 amide bonds. The molecule has 12 heavy (non-hydrogen) atoms. The van der Waals surface area contributed by atoms with Gasteiger partial charge in [0.2, 0.25) is 0 Å². The van der Waals surface area contributed by atoms with Crippen LogP contribution in [-0.4, -0.2) is 49.9 Å². The highest BCUT2D eigenvalue weighted by molar-refractivity contribution is 6.47. The van der Waals surface area contributed by atoms with Crippen molar-refractivity contribution in [1.29, 1.82) is 0 Å². The summed E-state index contributed by atoms with van der Waals surface area (Å²) in [4.78, 5) is 0. The lowest BCUT2D eigenvalue weighted by Crippen LogP contribution is -2.84. The van der Waals surface area contributed by atoms with Gasteiger partial charge in [-0.3, -0.25) is 0 Å². The Kier molecular flexibility index (Phi) is 2.89. The van der Waals surface area contributed by atoms with E-state index in [0.29, 0.717) is 0 Å². The van der Waals surface area contributed by atoms with Crippen LogP contribution in [-0.2, 0) is 0 Å². The van der Waals surface area contributed by atoms with Gasteiger partial charge in [-0.1, -0.05) is 0 Å². The molecular formula is C8H24B2N2. The summed E-state index contributed by atoms with van der Waals surface area (Å²) in [5, 5.41) is 0. The van der Waals surface area contributed by atoms with Crippen molar-refractivity contribution < 1.29 is 8.61 Å². The van der Waals surface area contributed by atoms with Crippen LogP contribution in [0.3, 0.4) is 0 Å². The van der Waals surface area contributed by atoms with Gasteiger partial charge in [-0.15, -0.1) is 0 Å². The third-order valence-electron chi connectivity index (χ3n) is 5.36. The van der Waals surface area contributed by atoms with Crippen LogP contribution in [0.2, 0.25) is 0 Å². The van der Waals surface area contributed by atoms with Crippen LogP contribution in [0.4, 0.5) is 0 Å². The molecule has 72 valence electrons. The number of quaternary nitrogens is 2. The zero-order valence-corrected chi connectivity index (χ0v) is 9.72. The first-order valence-electron chi connectivity index (χ1n) is 5.88. The van der Waals surface area contributed by atoms with Crippen molar-refractivity contribution >= 4 is 15.1 Å². The van der Waals surface area contributed by atoms with E-state index in [0.717, 1.165) is 0 Å². The molecule has 0 radical (unpaired) electrons. The monoisotopic (exact) mass is 170 g/mol. The first-order valence-corrected chi connectivity index (χ1v) is 5.88. The van der Waals surface area contributed by atoms with Gasteiger partial charge in [0.1, 0.15) is 0 Å². The second-order valence-electron chi connectivity index (χ2n) is 5.54. The maximum atomic E-state index is 2.38. The fourth-order valence-corrected chi connectivity index (χ4v) is 3.71. The predicted octanol–water partition coefficient (Wildman–Crippen LogP) is -0.289. The molecule has 4 heteroatoms. The molecule has 0 saturated carbocycles. The molecule has 0 unspecified atom stereocenters. The summed E-state index contributed by atoms with van der Waals surface area (Å²) >= 11 is 0. The Morgan fingerprint density at radius 2 is 0.917 bits per heavy atom. The Morgan fingerprint density at radius 3 is 1.08 bits per heavy atom. The van der Waals surface area contributed by atoms with Gasteiger partial charge in [0.15, 0.2) is 0 Å². The van der Waals surface area contributed by atoms with Crippen LogP contribution in [0, 0.1) is 0 Å². The number of hydrogen-bond acceptors (Lipinski definition) is 0. The van der Waals surface area contributed by atoms with Crippen LogP contribution >= 0.6 is 0 Å². The molecule has 0 bridgehead atoms. The van der Waals surface area contributed by atoms with Gasteiger partial charge in [-0.2, -0.15) is 0 Å². The maximum absolute atomic E-state index is 2.38. The summed E-state index contributed by atoms with van der Waals surface area (Å²) < 4.78 is 3.20.